The second-order valence-electron chi connectivity index (χ2n) is 6.54. The number of nitrogens with zero attached hydrogens (tertiary/aromatic N) is 4. The van der Waals surface area contributed by atoms with Gasteiger partial charge >= 0.3 is 0 Å². The van der Waals surface area contributed by atoms with E-state index < -0.39 is 0 Å². The Hall–Kier alpha value is -3.42. The average molecular weight is 380 g/mol. The van der Waals surface area contributed by atoms with Crippen molar-refractivity contribution in [1.82, 2.24) is 19.9 Å². The van der Waals surface area contributed by atoms with Gasteiger partial charge in [0, 0.05) is 30.6 Å². The average Bonchev–Trinajstić information content (AvgIpc) is 2.70. The summed E-state index contributed by atoms with van der Waals surface area (Å²) in [6.07, 6.45) is 5.57. The van der Waals surface area contributed by atoms with Crippen LogP contribution >= 0.6 is 0 Å². The third kappa shape index (κ3) is 4.28. The van der Waals surface area contributed by atoms with E-state index in [0.29, 0.717) is 41.6 Å². The lowest BCUT2D eigenvalue weighted by Crippen LogP contribution is -2.07. The highest BCUT2D eigenvalue weighted by molar-refractivity contribution is 5.53. The Kier molecular flexibility index (Phi) is 5.88. The topological polar surface area (TPSA) is 108 Å². The quantitative estimate of drug-likeness (QED) is 0.643. The molecule has 0 aliphatic rings. The molecule has 0 atom stereocenters. The first kappa shape index (κ1) is 19.3. The van der Waals surface area contributed by atoms with Gasteiger partial charge in [-0.1, -0.05) is 13.8 Å². The predicted molar refractivity (Wildman–Crippen MR) is 108 cm³/mol. The van der Waals surface area contributed by atoms with Crippen molar-refractivity contribution in [3.05, 3.63) is 53.5 Å². The molecule has 8 nitrogen and oxygen atoms in total. The van der Waals surface area contributed by atoms with Crippen molar-refractivity contribution in [3.8, 4) is 11.5 Å². The number of ether oxygens (including phenoxy) is 2. The zero-order chi connectivity index (χ0) is 20.1. The number of nitrogens with one attached hydrogen (secondary N) is 1. The molecule has 1 aromatic carbocycles. The molecular weight excluding hydrogens is 356 g/mol. The van der Waals surface area contributed by atoms with Crippen LogP contribution in [0.4, 0.5) is 17.7 Å². The summed E-state index contributed by atoms with van der Waals surface area (Å²) in [4.78, 5) is 16.9. The van der Waals surface area contributed by atoms with Crippen LogP contribution in [0.5, 0.6) is 11.5 Å². The first-order valence-electron chi connectivity index (χ1n) is 8.92. The molecule has 0 radical (unpaired) electrons. The molecule has 0 unspecified atom stereocenters. The molecule has 0 fully saturated rings. The van der Waals surface area contributed by atoms with Gasteiger partial charge in [0.1, 0.15) is 5.82 Å². The molecule has 0 spiro atoms. The maximum absolute atomic E-state index is 6.19. The molecule has 0 bridgehead atoms. The molecule has 28 heavy (non-hydrogen) atoms. The fourth-order valence-electron chi connectivity index (χ4n) is 2.91. The summed E-state index contributed by atoms with van der Waals surface area (Å²) in [7, 11) is 3.26. The van der Waals surface area contributed by atoms with Crippen molar-refractivity contribution in [3.63, 3.8) is 0 Å². The smallest absolute Gasteiger partial charge is 0.231 e. The van der Waals surface area contributed by atoms with E-state index in [-0.39, 0.29) is 0 Å². The van der Waals surface area contributed by atoms with Crippen LogP contribution in [0.2, 0.25) is 0 Å². The van der Waals surface area contributed by atoms with Gasteiger partial charge in [-0.05, 0) is 35.2 Å². The van der Waals surface area contributed by atoms with Gasteiger partial charge in [0.25, 0.3) is 0 Å². The van der Waals surface area contributed by atoms with Crippen LogP contribution in [0.1, 0.15) is 36.5 Å². The normalized spacial score (nSPS) is 10.8. The number of hydrogen-bond acceptors (Lipinski definition) is 8. The van der Waals surface area contributed by atoms with E-state index in [2.05, 4.69) is 39.1 Å². The van der Waals surface area contributed by atoms with Gasteiger partial charge in [0.2, 0.25) is 11.9 Å². The zero-order valence-electron chi connectivity index (χ0n) is 16.4. The van der Waals surface area contributed by atoms with Gasteiger partial charge in [-0.15, -0.1) is 0 Å². The monoisotopic (exact) mass is 380 g/mol. The Morgan fingerprint density at radius 3 is 2.25 bits per heavy atom. The number of anilines is 3. The minimum absolute atomic E-state index is 0.313. The van der Waals surface area contributed by atoms with Crippen molar-refractivity contribution in [2.45, 2.75) is 26.2 Å². The molecule has 0 saturated heterocycles. The second-order valence-corrected chi connectivity index (χ2v) is 6.54. The maximum atomic E-state index is 6.19. The standard InChI is InChI=1S/C20H24N6O2/c1-12(2)15-10-17(28-4)16(27-3)9-13(15)8-14-11-24-20(25-18(14)21)26-19-22-6-5-7-23-19/h5-7,9-12H,8H2,1-4H3,(H3,21,22,23,24,25,26). The lowest BCUT2D eigenvalue weighted by Gasteiger charge is -2.18. The van der Waals surface area contributed by atoms with Crippen molar-refractivity contribution in [2.75, 3.05) is 25.3 Å². The summed E-state index contributed by atoms with van der Waals surface area (Å²) >= 11 is 0. The van der Waals surface area contributed by atoms with Gasteiger partial charge in [0.05, 0.1) is 14.2 Å². The van der Waals surface area contributed by atoms with Crippen molar-refractivity contribution < 1.29 is 9.47 Å². The summed E-state index contributed by atoms with van der Waals surface area (Å²) in [6.45, 7) is 4.27. The van der Waals surface area contributed by atoms with Crippen LogP contribution in [0.25, 0.3) is 0 Å². The number of nitrogens with two attached hydrogens (primary N) is 1. The fraction of sp³-hybridized carbons (Fsp3) is 0.300. The Labute approximate surface area is 164 Å². The van der Waals surface area contributed by atoms with Gasteiger partial charge in [0.15, 0.2) is 11.5 Å². The number of methoxy groups -OCH3 is 2. The van der Waals surface area contributed by atoms with Crippen LogP contribution in [0, 0.1) is 0 Å². The maximum Gasteiger partial charge on any atom is 0.231 e. The van der Waals surface area contributed by atoms with E-state index in [1.54, 1.807) is 38.9 Å². The highest BCUT2D eigenvalue weighted by atomic mass is 16.5. The Bertz CT molecular complexity index is 947. The van der Waals surface area contributed by atoms with E-state index in [0.717, 1.165) is 16.7 Å². The summed E-state index contributed by atoms with van der Waals surface area (Å²) < 4.78 is 10.9. The number of benzene rings is 1. The van der Waals surface area contributed by atoms with Gasteiger partial charge in [-0.3, -0.25) is 5.32 Å². The molecule has 146 valence electrons. The summed E-state index contributed by atoms with van der Waals surface area (Å²) in [5, 5.41) is 2.94. The largest absolute Gasteiger partial charge is 0.493 e. The lowest BCUT2D eigenvalue weighted by atomic mass is 9.92. The SMILES string of the molecule is COc1cc(Cc2cnc(Nc3ncccn3)nc2N)c(C(C)C)cc1OC. The van der Waals surface area contributed by atoms with E-state index in [1.807, 2.05) is 12.1 Å². The molecule has 3 rings (SSSR count). The van der Waals surface area contributed by atoms with E-state index >= 15 is 0 Å². The Balaban J connectivity index is 1.89. The van der Waals surface area contributed by atoms with Crippen LogP contribution in [-0.4, -0.2) is 34.2 Å². The summed E-state index contributed by atoms with van der Waals surface area (Å²) in [5.41, 5.74) is 9.27. The van der Waals surface area contributed by atoms with Crippen molar-refractivity contribution in [1.29, 1.82) is 0 Å². The molecule has 3 N–H and O–H groups in total. The van der Waals surface area contributed by atoms with Gasteiger partial charge in [-0.2, -0.15) is 4.98 Å². The molecular formula is C20H24N6O2. The number of nitrogen functional groups attached to an aromatic ring is 1. The molecule has 3 aromatic rings. The van der Waals surface area contributed by atoms with Crippen LogP contribution in [0.15, 0.2) is 36.8 Å². The van der Waals surface area contributed by atoms with Gasteiger partial charge in [-0.25, -0.2) is 15.0 Å². The molecule has 0 saturated carbocycles. The molecule has 2 heterocycles. The van der Waals surface area contributed by atoms with E-state index in [4.69, 9.17) is 15.2 Å². The predicted octanol–water partition coefficient (Wildman–Crippen LogP) is 3.32. The molecule has 8 heteroatoms. The zero-order valence-corrected chi connectivity index (χ0v) is 16.4. The second kappa shape index (κ2) is 8.51. The highest BCUT2D eigenvalue weighted by Crippen LogP contribution is 2.35. The third-order valence-corrected chi connectivity index (χ3v) is 4.34. The molecule has 0 aliphatic heterocycles. The van der Waals surface area contributed by atoms with Gasteiger partial charge < -0.3 is 15.2 Å². The van der Waals surface area contributed by atoms with Crippen molar-refractivity contribution in [2.24, 2.45) is 0 Å². The molecule has 2 aromatic heterocycles. The molecule has 0 aliphatic carbocycles. The third-order valence-electron chi connectivity index (χ3n) is 4.34. The minimum Gasteiger partial charge on any atom is -0.493 e. The molecule has 0 amide bonds. The lowest BCUT2D eigenvalue weighted by molar-refractivity contribution is 0.354. The number of rotatable bonds is 7. The number of aromatic nitrogens is 4. The van der Waals surface area contributed by atoms with E-state index in [9.17, 15) is 0 Å². The van der Waals surface area contributed by atoms with E-state index in [1.165, 1.54) is 0 Å². The van der Waals surface area contributed by atoms with Crippen LogP contribution in [0.3, 0.4) is 0 Å². The number of hydrogen-bond donors (Lipinski definition) is 2. The van der Waals surface area contributed by atoms with Crippen molar-refractivity contribution >= 4 is 17.7 Å². The Morgan fingerprint density at radius 2 is 1.64 bits per heavy atom. The first-order chi connectivity index (χ1) is 13.5. The fourth-order valence-corrected chi connectivity index (χ4v) is 2.91. The summed E-state index contributed by atoms with van der Waals surface area (Å²) in [5.74, 6) is 2.87. The van der Waals surface area contributed by atoms with Crippen LogP contribution < -0.4 is 20.5 Å². The summed E-state index contributed by atoms with van der Waals surface area (Å²) in [6, 6.07) is 5.73. The Morgan fingerprint density at radius 1 is 0.964 bits per heavy atom. The first-order valence-corrected chi connectivity index (χ1v) is 8.92. The minimum atomic E-state index is 0.313. The van der Waals surface area contributed by atoms with Crippen LogP contribution in [-0.2, 0) is 6.42 Å². The highest BCUT2D eigenvalue weighted by Gasteiger charge is 2.16.